The fraction of sp³-hybridized carbons (Fsp3) is 0.393. The molecule has 0 spiro atoms. The summed E-state index contributed by atoms with van der Waals surface area (Å²) < 4.78 is 5.71. The van der Waals surface area contributed by atoms with Crippen molar-refractivity contribution in [2.45, 2.75) is 25.3 Å². The van der Waals surface area contributed by atoms with E-state index in [0.29, 0.717) is 24.0 Å². The van der Waals surface area contributed by atoms with E-state index in [4.69, 9.17) is 9.72 Å². The summed E-state index contributed by atoms with van der Waals surface area (Å²) in [5.41, 5.74) is 3.74. The van der Waals surface area contributed by atoms with Crippen LogP contribution in [0, 0.1) is 5.41 Å². The normalized spacial score (nSPS) is 16.4. The molecule has 1 saturated heterocycles. The van der Waals surface area contributed by atoms with E-state index in [2.05, 4.69) is 30.0 Å². The summed E-state index contributed by atoms with van der Waals surface area (Å²) >= 11 is 1.36. The van der Waals surface area contributed by atoms with Crippen molar-refractivity contribution in [3.05, 3.63) is 59.0 Å². The lowest BCUT2D eigenvalue weighted by molar-refractivity contribution is -0.144. The minimum Gasteiger partial charge on any atom is -0.496 e. The Morgan fingerprint density at radius 1 is 1.14 bits per heavy atom. The highest BCUT2D eigenvalue weighted by molar-refractivity contribution is 7.14. The number of thiazole rings is 1. The molecule has 1 aliphatic heterocycles. The summed E-state index contributed by atoms with van der Waals surface area (Å²) in [6, 6.07) is 14.5. The van der Waals surface area contributed by atoms with Crippen LogP contribution in [-0.4, -0.2) is 74.3 Å². The van der Waals surface area contributed by atoms with Crippen LogP contribution in [0.5, 0.6) is 5.75 Å². The molecular formula is C28H32N4O4S. The van der Waals surface area contributed by atoms with Crippen LogP contribution >= 0.6 is 11.3 Å². The Labute approximate surface area is 221 Å². The second-order valence-corrected chi connectivity index (χ2v) is 11.1. The summed E-state index contributed by atoms with van der Waals surface area (Å²) in [4.78, 5) is 36.4. The van der Waals surface area contributed by atoms with Gasteiger partial charge in [-0.3, -0.25) is 14.5 Å². The van der Waals surface area contributed by atoms with Crippen molar-refractivity contribution < 1.29 is 19.4 Å². The molecule has 8 nitrogen and oxygen atoms in total. The van der Waals surface area contributed by atoms with Crippen LogP contribution in [0.4, 0.5) is 10.8 Å². The number of aromatic nitrogens is 1. The number of ether oxygens (including phenoxy) is 1. The fourth-order valence-corrected chi connectivity index (χ4v) is 6.19. The number of aliphatic carboxylic acids is 1. The molecule has 2 heterocycles. The maximum absolute atomic E-state index is 13.8. The van der Waals surface area contributed by atoms with Crippen molar-refractivity contribution >= 4 is 34.0 Å². The molecule has 194 valence electrons. The van der Waals surface area contributed by atoms with Crippen molar-refractivity contribution in [2.75, 3.05) is 51.1 Å². The van der Waals surface area contributed by atoms with Crippen LogP contribution in [0.15, 0.2) is 47.8 Å². The SMILES string of the molecule is COc1cc(N2CC(N(C)C)C2)ccc1-c1csc(N(C)C(=O)C2(CC(=O)O)Cc3ccccc3C2)n1. The van der Waals surface area contributed by atoms with Crippen molar-refractivity contribution in [1.29, 1.82) is 0 Å². The van der Waals surface area contributed by atoms with Gasteiger partial charge in [0, 0.05) is 48.9 Å². The highest BCUT2D eigenvalue weighted by atomic mass is 32.1. The Bertz CT molecular complexity index is 1310. The third-order valence-electron chi connectivity index (χ3n) is 7.62. The smallest absolute Gasteiger partial charge is 0.304 e. The van der Waals surface area contributed by atoms with Crippen molar-refractivity contribution in [2.24, 2.45) is 5.41 Å². The molecule has 0 atom stereocenters. The first-order valence-electron chi connectivity index (χ1n) is 12.3. The van der Waals surface area contributed by atoms with Gasteiger partial charge in [0.05, 0.1) is 24.6 Å². The zero-order valence-electron chi connectivity index (χ0n) is 21.6. The minimum atomic E-state index is -1.02. The largest absolute Gasteiger partial charge is 0.496 e. The van der Waals surface area contributed by atoms with Gasteiger partial charge >= 0.3 is 5.97 Å². The Morgan fingerprint density at radius 3 is 2.41 bits per heavy atom. The lowest BCUT2D eigenvalue weighted by Gasteiger charge is -2.44. The zero-order valence-corrected chi connectivity index (χ0v) is 22.4. The number of carboxylic acids is 1. The maximum Gasteiger partial charge on any atom is 0.304 e. The van der Waals surface area contributed by atoms with Gasteiger partial charge in [0.1, 0.15) is 5.75 Å². The average Bonchev–Trinajstić information content (AvgIpc) is 3.46. The zero-order chi connectivity index (χ0) is 26.3. The van der Waals surface area contributed by atoms with Gasteiger partial charge in [-0.15, -0.1) is 11.3 Å². The Hall–Kier alpha value is -3.43. The first kappa shape index (κ1) is 25.2. The molecule has 0 unspecified atom stereocenters. The molecular weight excluding hydrogens is 488 g/mol. The summed E-state index contributed by atoms with van der Waals surface area (Å²) in [6.45, 7) is 1.95. The third-order valence-corrected chi connectivity index (χ3v) is 8.54. The average molecular weight is 521 g/mol. The molecule has 37 heavy (non-hydrogen) atoms. The molecule has 2 aliphatic rings. The number of rotatable bonds is 8. The predicted octanol–water partition coefficient (Wildman–Crippen LogP) is 3.79. The highest BCUT2D eigenvalue weighted by Gasteiger charge is 2.47. The number of hydrogen-bond acceptors (Lipinski definition) is 7. The second kappa shape index (κ2) is 9.79. The van der Waals surface area contributed by atoms with Crippen LogP contribution < -0.4 is 14.5 Å². The van der Waals surface area contributed by atoms with Crippen LogP contribution in [0.3, 0.4) is 0 Å². The summed E-state index contributed by atoms with van der Waals surface area (Å²) in [5.74, 6) is -0.467. The molecule has 0 radical (unpaired) electrons. The lowest BCUT2D eigenvalue weighted by atomic mass is 9.80. The number of carbonyl (C=O) groups is 2. The number of carbonyl (C=O) groups excluding carboxylic acids is 1. The summed E-state index contributed by atoms with van der Waals surface area (Å²) in [5, 5.41) is 12.1. The van der Waals surface area contributed by atoms with Crippen LogP contribution in [0.2, 0.25) is 0 Å². The molecule has 1 N–H and O–H groups in total. The van der Waals surface area contributed by atoms with Gasteiger partial charge in [0.2, 0.25) is 5.91 Å². The maximum atomic E-state index is 13.8. The van der Waals surface area contributed by atoms with Crippen molar-refractivity contribution in [1.82, 2.24) is 9.88 Å². The van der Waals surface area contributed by atoms with Crippen LogP contribution in [-0.2, 0) is 22.4 Å². The first-order chi connectivity index (χ1) is 17.7. The van der Waals surface area contributed by atoms with Crippen molar-refractivity contribution in [3.8, 4) is 17.0 Å². The molecule has 5 rings (SSSR count). The number of likely N-dealkylation sites (N-methyl/N-ethyl adjacent to an activating group) is 1. The molecule has 9 heteroatoms. The van der Waals surface area contributed by atoms with E-state index in [1.54, 1.807) is 14.2 Å². The lowest BCUT2D eigenvalue weighted by Crippen LogP contribution is -2.57. The first-order valence-corrected chi connectivity index (χ1v) is 13.2. The van der Waals surface area contributed by atoms with Gasteiger partial charge in [-0.05, 0) is 50.2 Å². The number of carboxylic acid groups (broad SMARTS) is 1. The van der Waals surface area contributed by atoms with E-state index in [0.717, 1.165) is 46.9 Å². The molecule has 0 saturated carbocycles. The number of anilines is 2. The molecule has 0 bridgehead atoms. The fourth-order valence-electron chi connectivity index (χ4n) is 5.40. The van der Waals surface area contributed by atoms with E-state index in [1.165, 1.54) is 16.2 Å². The Morgan fingerprint density at radius 2 is 1.81 bits per heavy atom. The van der Waals surface area contributed by atoms with E-state index in [1.807, 2.05) is 41.8 Å². The molecule has 1 fully saturated rings. The van der Waals surface area contributed by atoms with E-state index in [-0.39, 0.29) is 12.3 Å². The Kier molecular flexibility index (Phi) is 6.68. The van der Waals surface area contributed by atoms with Gasteiger partial charge < -0.3 is 19.6 Å². The molecule has 2 aromatic carbocycles. The molecule has 3 aromatic rings. The predicted molar refractivity (Wildman–Crippen MR) is 146 cm³/mol. The number of methoxy groups -OCH3 is 1. The van der Waals surface area contributed by atoms with E-state index < -0.39 is 11.4 Å². The van der Waals surface area contributed by atoms with E-state index >= 15 is 0 Å². The van der Waals surface area contributed by atoms with E-state index in [9.17, 15) is 14.7 Å². The second-order valence-electron chi connectivity index (χ2n) is 10.3. The summed E-state index contributed by atoms with van der Waals surface area (Å²) in [7, 11) is 7.53. The van der Waals surface area contributed by atoms with Gasteiger partial charge in [0.25, 0.3) is 0 Å². The monoisotopic (exact) mass is 520 g/mol. The van der Waals surface area contributed by atoms with Gasteiger partial charge in [-0.2, -0.15) is 0 Å². The standard InChI is InChI=1S/C28H32N4O4S/c1-30(2)21-15-32(16-21)20-9-10-22(24(11-20)36-4)23-17-37-27(29-23)31(3)26(35)28(14-25(33)34)12-18-7-5-6-8-19(18)13-28/h5-11,17,21H,12-16H2,1-4H3,(H,33,34). The summed E-state index contributed by atoms with van der Waals surface area (Å²) in [6.07, 6.45) is 0.609. The van der Waals surface area contributed by atoms with Gasteiger partial charge in [-0.1, -0.05) is 24.3 Å². The van der Waals surface area contributed by atoms with Gasteiger partial charge in [-0.25, -0.2) is 4.98 Å². The highest BCUT2D eigenvalue weighted by Crippen LogP contribution is 2.43. The van der Waals surface area contributed by atoms with Crippen molar-refractivity contribution in [3.63, 3.8) is 0 Å². The third kappa shape index (κ3) is 4.69. The molecule has 1 amide bonds. The number of benzene rings is 2. The van der Waals surface area contributed by atoms with Crippen LogP contribution in [0.1, 0.15) is 17.5 Å². The number of hydrogen-bond donors (Lipinski definition) is 1. The minimum absolute atomic E-state index is 0.219. The van der Waals surface area contributed by atoms with Crippen LogP contribution in [0.25, 0.3) is 11.3 Å². The number of nitrogens with zero attached hydrogens (tertiary/aromatic N) is 4. The number of fused-ring (bicyclic) bond motifs is 1. The molecule has 1 aliphatic carbocycles. The molecule has 1 aromatic heterocycles. The quantitative estimate of drug-likeness (QED) is 0.484. The van der Waals surface area contributed by atoms with Gasteiger partial charge in [0.15, 0.2) is 5.13 Å². The Balaban J connectivity index is 1.37. The topological polar surface area (TPSA) is 86.2 Å². The number of amides is 1.